The van der Waals surface area contributed by atoms with Crippen LogP contribution in [0.2, 0.25) is 58.9 Å². The van der Waals surface area contributed by atoms with Crippen molar-refractivity contribution in [2.24, 2.45) is 0 Å². The molecule has 2 aromatic heterocycles. The molecule has 0 aromatic carbocycles. The lowest BCUT2D eigenvalue weighted by Gasteiger charge is -2.34. The van der Waals surface area contributed by atoms with Gasteiger partial charge in [-0.1, -0.05) is 6.92 Å². The van der Waals surface area contributed by atoms with Gasteiger partial charge in [0.1, 0.15) is 29.7 Å². The lowest BCUT2D eigenvalue weighted by molar-refractivity contribution is -0.0457. The van der Waals surface area contributed by atoms with Crippen molar-refractivity contribution in [1.82, 2.24) is 19.5 Å². The molecule has 192 valence electrons. The minimum atomic E-state index is -1.95. The summed E-state index contributed by atoms with van der Waals surface area (Å²) in [5, 5.41) is 0. The highest BCUT2D eigenvalue weighted by Crippen LogP contribution is 2.38. The van der Waals surface area contributed by atoms with Gasteiger partial charge in [-0.2, -0.15) is 0 Å². The molecule has 3 rings (SSSR count). The van der Waals surface area contributed by atoms with Gasteiger partial charge in [0.15, 0.2) is 42.6 Å². The molecule has 2 aromatic rings. The number of imidazole rings is 1. The van der Waals surface area contributed by atoms with Crippen molar-refractivity contribution in [2.75, 3.05) is 12.3 Å². The summed E-state index contributed by atoms with van der Waals surface area (Å²) in [6.45, 7) is 22.3. The van der Waals surface area contributed by atoms with E-state index in [0.717, 1.165) is 12.8 Å². The molecule has 0 saturated carbocycles. The third-order valence-corrected chi connectivity index (χ3v) is 8.18. The second-order valence-corrected chi connectivity index (χ2v) is 25.4. The topological polar surface area (TPSA) is 107 Å². The third-order valence-electron chi connectivity index (χ3n) is 5.19. The molecule has 0 unspecified atom stereocenters. The van der Waals surface area contributed by atoms with E-state index < -0.39 is 31.2 Å². The Kier molecular flexibility index (Phi) is 8.12. The number of aromatic nitrogens is 4. The van der Waals surface area contributed by atoms with E-state index in [0.29, 0.717) is 29.4 Å². The molecule has 34 heavy (non-hydrogen) atoms. The van der Waals surface area contributed by atoms with Gasteiger partial charge in [0.25, 0.3) is 0 Å². The van der Waals surface area contributed by atoms with Crippen LogP contribution in [0.5, 0.6) is 0 Å². The molecule has 4 atom stereocenters. The van der Waals surface area contributed by atoms with E-state index in [2.05, 4.69) is 75.8 Å². The summed E-state index contributed by atoms with van der Waals surface area (Å²) >= 11 is 0. The van der Waals surface area contributed by atoms with Crippen LogP contribution < -0.4 is 5.73 Å². The molecule has 2 N–H and O–H groups in total. The molecule has 0 aliphatic carbocycles. The van der Waals surface area contributed by atoms with E-state index >= 15 is 0 Å². The second kappa shape index (κ2) is 10.1. The summed E-state index contributed by atoms with van der Waals surface area (Å²) in [6, 6.07) is 0. The Morgan fingerprint density at radius 2 is 1.56 bits per heavy atom. The summed E-state index contributed by atoms with van der Waals surface area (Å²) in [6.07, 6.45) is 2.17. The van der Waals surface area contributed by atoms with Crippen molar-refractivity contribution in [2.45, 2.75) is 103 Å². The van der Waals surface area contributed by atoms with Gasteiger partial charge >= 0.3 is 0 Å². The number of rotatable bonds is 10. The first kappa shape index (κ1) is 27.4. The minimum Gasteiger partial charge on any atom is -0.415 e. The Morgan fingerprint density at radius 1 is 0.941 bits per heavy atom. The van der Waals surface area contributed by atoms with Crippen LogP contribution in [-0.2, 0) is 24.4 Å². The fourth-order valence-corrected chi connectivity index (χ4v) is 6.82. The quantitative estimate of drug-likeness (QED) is 0.450. The first-order valence-electron chi connectivity index (χ1n) is 12.2. The van der Waals surface area contributed by atoms with Gasteiger partial charge in [-0.15, -0.1) is 0 Å². The monoisotopic (exact) mass is 525 g/mol. The number of fused-ring (bicyclic) bond motifs is 1. The smallest absolute Gasteiger partial charge is 0.184 e. The minimum absolute atomic E-state index is 0.244. The number of hydrogen-bond acceptors (Lipinski definition) is 8. The molecular formula is C22H43N5O4Si3. The highest BCUT2D eigenvalue weighted by atomic mass is 28.4. The molecule has 9 nitrogen and oxygen atoms in total. The van der Waals surface area contributed by atoms with Crippen LogP contribution in [-0.4, -0.2) is 69.4 Å². The van der Waals surface area contributed by atoms with E-state index in [1.807, 2.05) is 4.57 Å². The maximum absolute atomic E-state index is 6.76. The predicted octanol–water partition coefficient (Wildman–Crippen LogP) is 4.55. The third kappa shape index (κ3) is 6.95. The van der Waals surface area contributed by atoms with Gasteiger partial charge in [0.05, 0.1) is 12.9 Å². The van der Waals surface area contributed by atoms with Crippen LogP contribution in [0, 0.1) is 0 Å². The molecule has 0 radical (unpaired) electrons. The molecule has 1 aliphatic heterocycles. The molecular weight excluding hydrogens is 483 g/mol. The van der Waals surface area contributed by atoms with Gasteiger partial charge in [0.2, 0.25) is 0 Å². The van der Waals surface area contributed by atoms with Crippen LogP contribution in [0.4, 0.5) is 5.82 Å². The molecule has 1 fully saturated rings. The number of hydrogen-bond donors (Lipinski definition) is 1. The van der Waals surface area contributed by atoms with Crippen molar-refractivity contribution >= 4 is 41.9 Å². The zero-order chi connectivity index (χ0) is 25.5. The van der Waals surface area contributed by atoms with Crippen molar-refractivity contribution in [3.05, 3.63) is 12.2 Å². The van der Waals surface area contributed by atoms with Crippen molar-refractivity contribution in [3.8, 4) is 0 Å². The lowest BCUT2D eigenvalue weighted by Crippen LogP contribution is -2.48. The largest absolute Gasteiger partial charge is 0.415 e. The van der Waals surface area contributed by atoms with Gasteiger partial charge in [-0.25, -0.2) is 15.0 Å². The highest BCUT2D eigenvalue weighted by molar-refractivity contribution is 6.70. The summed E-state index contributed by atoms with van der Waals surface area (Å²) in [5.41, 5.74) is 7.50. The SMILES string of the molecule is CCCc1nc(N)c2ncn([C@@H]3O[C@H](CO[Si](C)(C)C)[C@@H](O[Si](C)(C)C)[C@H]3O[Si](C)(C)C)c2n1. The van der Waals surface area contributed by atoms with E-state index in [4.69, 9.17) is 28.7 Å². The normalized spacial score (nSPS) is 24.3. The maximum atomic E-state index is 6.76. The van der Waals surface area contributed by atoms with Crippen LogP contribution in [0.3, 0.4) is 0 Å². The number of aryl methyl sites for hydroxylation is 1. The molecule has 1 saturated heterocycles. The van der Waals surface area contributed by atoms with E-state index in [1.54, 1.807) is 6.33 Å². The van der Waals surface area contributed by atoms with Crippen LogP contribution in [0.25, 0.3) is 11.2 Å². The molecule has 3 heterocycles. The number of anilines is 1. The standard InChI is InChI=1S/C22H43N5O4Si3/c1-11-12-16-25-20(23)17-21(26-16)27(14-24-17)22-19(31-34(8,9)10)18(30-33(5,6)7)15(29-22)13-28-32(2,3)4/h14-15,18-19,22H,11-13H2,1-10H3,(H2,23,25,26)/t15-,18-,19-,22-/m1/s1. The fourth-order valence-electron chi connectivity index (χ4n) is 3.99. The average molecular weight is 526 g/mol. The summed E-state index contributed by atoms with van der Waals surface area (Å²) in [7, 11) is -5.62. The van der Waals surface area contributed by atoms with Gasteiger partial charge in [0, 0.05) is 6.42 Å². The zero-order valence-corrected chi connectivity index (χ0v) is 25.5. The second-order valence-electron chi connectivity index (χ2n) is 12.0. The van der Waals surface area contributed by atoms with E-state index in [9.17, 15) is 0 Å². The van der Waals surface area contributed by atoms with Crippen molar-refractivity contribution in [1.29, 1.82) is 0 Å². The Bertz CT molecular complexity index is 984. The van der Waals surface area contributed by atoms with E-state index in [1.165, 1.54) is 0 Å². The number of ether oxygens (including phenoxy) is 1. The summed E-state index contributed by atoms with van der Waals surface area (Å²) in [4.78, 5) is 13.8. The fraction of sp³-hybridized carbons (Fsp3) is 0.773. The Morgan fingerprint density at radius 3 is 2.12 bits per heavy atom. The number of nitrogens with zero attached hydrogens (tertiary/aromatic N) is 4. The zero-order valence-electron chi connectivity index (χ0n) is 22.5. The van der Waals surface area contributed by atoms with Crippen LogP contribution in [0.1, 0.15) is 25.4 Å². The summed E-state index contributed by atoms with van der Waals surface area (Å²) in [5.74, 6) is 1.10. The van der Waals surface area contributed by atoms with Gasteiger partial charge in [-0.05, 0) is 65.3 Å². The highest BCUT2D eigenvalue weighted by Gasteiger charge is 2.50. The Hall–Kier alpha value is -1.16. The molecule has 0 amide bonds. The molecule has 0 spiro atoms. The van der Waals surface area contributed by atoms with E-state index in [-0.39, 0.29) is 18.3 Å². The first-order chi connectivity index (χ1) is 15.6. The molecule has 1 aliphatic rings. The van der Waals surface area contributed by atoms with Gasteiger partial charge < -0.3 is 23.7 Å². The average Bonchev–Trinajstić information content (AvgIpc) is 3.20. The first-order valence-corrected chi connectivity index (χ1v) is 22.4. The molecule has 12 heteroatoms. The summed E-state index contributed by atoms with van der Waals surface area (Å²) < 4.78 is 28.4. The number of nitrogen functional groups attached to an aromatic ring is 1. The maximum Gasteiger partial charge on any atom is 0.184 e. The predicted molar refractivity (Wildman–Crippen MR) is 143 cm³/mol. The Balaban J connectivity index is 2.08. The number of nitrogens with two attached hydrogens (primary N) is 1. The van der Waals surface area contributed by atoms with Crippen LogP contribution >= 0.6 is 0 Å². The van der Waals surface area contributed by atoms with Crippen LogP contribution in [0.15, 0.2) is 6.33 Å². The Labute approximate surface area is 207 Å². The van der Waals surface area contributed by atoms with Crippen molar-refractivity contribution in [3.63, 3.8) is 0 Å². The molecule has 0 bridgehead atoms. The lowest BCUT2D eigenvalue weighted by atomic mass is 10.1. The van der Waals surface area contributed by atoms with Crippen molar-refractivity contribution < 1.29 is 18.0 Å². The van der Waals surface area contributed by atoms with Gasteiger partial charge in [-0.3, -0.25) is 4.57 Å².